The molecule has 50 valence electrons. The fourth-order valence-corrected chi connectivity index (χ4v) is 2.04. The van der Waals surface area contributed by atoms with Crippen molar-refractivity contribution >= 4 is 14.3 Å². The van der Waals surface area contributed by atoms with Gasteiger partial charge in [0.15, 0.2) is 0 Å². The summed E-state index contributed by atoms with van der Waals surface area (Å²) in [6.07, 6.45) is 6.17. The van der Waals surface area contributed by atoms with Crippen molar-refractivity contribution in [1.82, 2.24) is 0 Å². The molecule has 0 aromatic rings. The van der Waals surface area contributed by atoms with Gasteiger partial charge in [-0.25, -0.2) is 0 Å². The molecular weight excluding hydrogens is 126 g/mol. The first-order valence-corrected chi connectivity index (χ1v) is 6.88. The van der Waals surface area contributed by atoms with Crippen molar-refractivity contribution in [1.29, 1.82) is 0 Å². The van der Waals surface area contributed by atoms with Crippen LogP contribution in [-0.4, -0.2) is 14.3 Å². The lowest BCUT2D eigenvalue weighted by Crippen LogP contribution is -2.26. The van der Waals surface area contributed by atoms with Crippen LogP contribution in [-0.2, 0) is 0 Å². The van der Waals surface area contributed by atoms with Gasteiger partial charge < -0.3 is 0 Å². The van der Waals surface area contributed by atoms with Gasteiger partial charge in [-0.1, -0.05) is 25.7 Å². The molecule has 1 nitrogen and oxygen atoms in total. The molecule has 0 fully saturated rings. The third kappa shape index (κ3) is 1.51. The first kappa shape index (κ1) is 6.74. The summed E-state index contributed by atoms with van der Waals surface area (Å²) in [5.74, 6) is 0. The molecule has 0 N–H and O–H groups in total. The molecule has 0 aliphatic carbocycles. The molecule has 0 spiro atoms. The molecule has 0 saturated carbocycles. The van der Waals surface area contributed by atoms with E-state index in [1.165, 1.54) is 0 Å². The van der Waals surface area contributed by atoms with Crippen LogP contribution in [0.1, 0.15) is 0 Å². The Bertz CT molecular complexity index is 141. The van der Waals surface area contributed by atoms with Crippen molar-refractivity contribution in [3.8, 4) is 0 Å². The van der Waals surface area contributed by atoms with E-state index in [4.69, 9.17) is 0 Å². The molecule has 0 amide bonds. The smallest absolute Gasteiger partial charge is 0.0578 e. The van der Waals surface area contributed by atoms with E-state index in [0.29, 0.717) is 5.54 Å². The van der Waals surface area contributed by atoms with Gasteiger partial charge in [-0.3, -0.25) is 4.99 Å². The Labute approximate surface area is 57.5 Å². The predicted octanol–water partition coefficient (Wildman–Crippen LogP) is 2.29. The summed E-state index contributed by atoms with van der Waals surface area (Å²) in [6.45, 7) is 7.08. The van der Waals surface area contributed by atoms with Crippen molar-refractivity contribution in [2.24, 2.45) is 4.99 Å². The minimum Gasteiger partial charge on any atom is -0.269 e. The molecule has 0 radical (unpaired) electrons. The molecule has 1 unspecified atom stereocenters. The summed E-state index contributed by atoms with van der Waals surface area (Å²) in [4.78, 5) is 4.06. The van der Waals surface area contributed by atoms with E-state index in [-0.39, 0.29) is 0 Å². The highest BCUT2D eigenvalue weighted by Crippen LogP contribution is 2.23. The summed E-state index contributed by atoms with van der Waals surface area (Å²) in [5, 5.41) is 0. The highest BCUT2D eigenvalue weighted by Gasteiger charge is 2.23. The molecule has 9 heavy (non-hydrogen) atoms. The molecule has 0 saturated heterocycles. The van der Waals surface area contributed by atoms with Gasteiger partial charge in [0, 0.05) is 18.0 Å². The van der Waals surface area contributed by atoms with Gasteiger partial charge in [0.2, 0.25) is 0 Å². The Hall–Kier alpha value is -0.373. The lowest BCUT2D eigenvalue weighted by Gasteiger charge is -2.19. The van der Waals surface area contributed by atoms with Crippen molar-refractivity contribution in [3.63, 3.8) is 0 Å². The van der Waals surface area contributed by atoms with E-state index in [2.05, 4.69) is 36.9 Å². The van der Waals surface area contributed by atoms with Crippen LogP contribution in [0.2, 0.25) is 25.2 Å². The standard InChI is InChI=1S/C7H13NSi/c1-9(2,3)7-4-5-8-6-7/h4-7H,1-3H3. The zero-order valence-electron chi connectivity index (χ0n) is 6.26. The minimum absolute atomic E-state index is 0.678. The van der Waals surface area contributed by atoms with Crippen LogP contribution in [0.25, 0.3) is 0 Å². The lowest BCUT2D eigenvalue weighted by molar-refractivity contribution is 1.40. The molecule has 0 aromatic carbocycles. The Morgan fingerprint density at radius 3 is 2.22 bits per heavy atom. The Balaban J connectivity index is 2.64. The normalized spacial score (nSPS) is 25.4. The summed E-state index contributed by atoms with van der Waals surface area (Å²) in [6, 6.07) is 0. The van der Waals surface area contributed by atoms with Gasteiger partial charge in [-0.2, -0.15) is 0 Å². The number of allylic oxidation sites excluding steroid dienone is 1. The van der Waals surface area contributed by atoms with Gasteiger partial charge in [0.1, 0.15) is 0 Å². The molecule has 2 heteroatoms. The second-order valence-corrected chi connectivity index (χ2v) is 8.93. The van der Waals surface area contributed by atoms with Gasteiger partial charge in [0.25, 0.3) is 0 Å². The second-order valence-electron chi connectivity index (χ2n) is 3.53. The van der Waals surface area contributed by atoms with Crippen LogP contribution in [0.5, 0.6) is 0 Å². The molecule has 1 atom stereocenters. The largest absolute Gasteiger partial charge is 0.269 e. The SMILES string of the molecule is C[Si](C)(C)C1C=CN=C1. The molecule has 1 heterocycles. The molecule has 1 aliphatic heterocycles. The molecule has 1 rings (SSSR count). The van der Waals surface area contributed by atoms with Crippen LogP contribution in [0.3, 0.4) is 0 Å². The minimum atomic E-state index is -0.960. The van der Waals surface area contributed by atoms with Crippen LogP contribution < -0.4 is 0 Å². The quantitative estimate of drug-likeness (QED) is 0.494. The summed E-state index contributed by atoms with van der Waals surface area (Å²) < 4.78 is 0. The van der Waals surface area contributed by atoms with E-state index in [1.807, 2.05) is 6.20 Å². The van der Waals surface area contributed by atoms with Crippen molar-refractivity contribution in [2.45, 2.75) is 25.2 Å². The van der Waals surface area contributed by atoms with E-state index in [9.17, 15) is 0 Å². The Morgan fingerprint density at radius 2 is 2.00 bits per heavy atom. The maximum absolute atomic E-state index is 4.06. The summed E-state index contributed by atoms with van der Waals surface area (Å²) in [7, 11) is -0.960. The first-order valence-electron chi connectivity index (χ1n) is 3.31. The zero-order chi connectivity index (χ0) is 6.91. The summed E-state index contributed by atoms with van der Waals surface area (Å²) >= 11 is 0. The van der Waals surface area contributed by atoms with Crippen molar-refractivity contribution < 1.29 is 0 Å². The van der Waals surface area contributed by atoms with Crippen molar-refractivity contribution in [2.75, 3.05) is 0 Å². The van der Waals surface area contributed by atoms with Crippen LogP contribution in [0, 0.1) is 0 Å². The van der Waals surface area contributed by atoms with Crippen LogP contribution in [0.4, 0.5) is 0 Å². The third-order valence-corrected chi connectivity index (χ3v) is 3.97. The van der Waals surface area contributed by atoms with Crippen LogP contribution >= 0.6 is 0 Å². The fraction of sp³-hybridized carbons (Fsp3) is 0.571. The molecule has 0 aromatic heterocycles. The average Bonchev–Trinajstić information content (AvgIpc) is 2.08. The Kier molecular flexibility index (Phi) is 1.57. The number of nitrogens with zero attached hydrogens (tertiary/aromatic N) is 1. The zero-order valence-corrected chi connectivity index (χ0v) is 7.26. The monoisotopic (exact) mass is 139 g/mol. The highest BCUT2D eigenvalue weighted by molar-refractivity contribution is 6.80. The van der Waals surface area contributed by atoms with E-state index in [1.54, 1.807) is 0 Å². The lowest BCUT2D eigenvalue weighted by atomic mass is 10.5. The summed E-state index contributed by atoms with van der Waals surface area (Å²) in [5.41, 5.74) is 0.678. The van der Waals surface area contributed by atoms with Crippen molar-refractivity contribution in [3.05, 3.63) is 12.3 Å². The predicted molar refractivity (Wildman–Crippen MR) is 44.7 cm³/mol. The fourth-order valence-electron chi connectivity index (χ4n) is 0.847. The van der Waals surface area contributed by atoms with Crippen LogP contribution in [0.15, 0.2) is 17.3 Å². The van der Waals surface area contributed by atoms with E-state index >= 15 is 0 Å². The highest BCUT2D eigenvalue weighted by atomic mass is 28.3. The number of hydrogen-bond acceptors (Lipinski definition) is 1. The topological polar surface area (TPSA) is 12.4 Å². The molecular formula is C7H13NSi. The van der Waals surface area contributed by atoms with E-state index < -0.39 is 8.07 Å². The van der Waals surface area contributed by atoms with Gasteiger partial charge in [-0.15, -0.1) is 0 Å². The van der Waals surface area contributed by atoms with Gasteiger partial charge >= 0.3 is 0 Å². The number of hydrogen-bond donors (Lipinski definition) is 0. The average molecular weight is 139 g/mol. The Morgan fingerprint density at radius 1 is 1.33 bits per heavy atom. The molecule has 0 bridgehead atoms. The first-order chi connectivity index (χ1) is 4.11. The maximum atomic E-state index is 4.06. The van der Waals surface area contributed by atoms with E-state index in [0.717, 1.165) is 0 Å². The maximum Gasteiger partial charge on any atom is 0.0578 e. The number of rotatable bonds is 1. The van der Waals surface area contributed by atoms with Gasteiger partial charge in [-0.05, 0) is 0 Å². The third-order valence-electron chi connectivity index (χ3n) is 1.63. The second kappa shape index (κ2) is 2.10. The van der Waals surface area contributed by atoms with Gasteiger partial charge in [0.05, 0.1) is 8.07 Å². The number of aliphatic imine (C=N–C) groups is 1. The molecule has 1 aliphatic rings.